The SMILES string of the molecule is CC/C=C(\C)C(=O)O.CCC/C(O)=C(/C)C(=O)O. The van der Waals surface area contributed by atoms with Crippen molar-refractivity contribution in [3.63, 3.8) is 0 Å². The molecule has 0 radical (unpaired) electrons. The van der Waals surface area contributed by atoms with Crippen LogP contribution in [0, 0.1) is 0 Å². The number of hydrogen-bond donors (Lipinski definition) is 3. The highest BCUT2D eigenvalue weighted by atomic mass is 16.4. The van der Waals surface area contributed by atoms with Crippen LogP contribution in [0.25, 0.3) is 0 Å². The number of rotatable bonds is 5. The minimum absolute atomic E-state index is 0.0185. The van der Waals surface area contributed by atoms with Crippen molar-refractivity contribution in [2.75, 3.05) is 0 Å². The molecule has 5 nitrogen and oxygen atoms in total. The van der Waals surface area contributed by atoms with Crippen molar-refractivity contribution in [1.82, 2.24) is 0 Å². The Balaban J connectivity index is 0. The molecule has 0 aromatic carbocycles. The van der Waals surface area contributed by atoms with Crippen LogP contribution in [0.2, 0.25) is 0 Å². The van der Waals surface area contributed by atoms with Crippen LogP contribution in [0.4, 0.5) is 0 Å². The number of aliphatic hydroxyl groups is 1. The van der Waals surface area contributed by atoms with Crippen LogP contribution in [0.3, 0.4) is 0 Å². The van der Waals surface area contributed by atoms with Crippen LogP contribution in [-0.2, 0) is 9.59 Å². The molecule has 0 bridgehead atoms. The first-order chi connectivity index (χ1) is 8.27. The average molecular weight is 258 g/mol. The van der Waals surface area contributed by atoms with Crippen molar-refractivity contribution >= 4 is 11.9 Å². The van der Waals surface area contributed by atoms with Crippen LogP contribution < -0.4 is 0 Å². The van der Waals surface area contributed by atoms with Gasteiger partial charge in [-0.25, -0.2) is 9.59 Å². The lowest BCUT2D eigenvalue weighted by Crippen LogP contribution is -2.00. The van der Waals surface area contributed by atoms with Crippen molar-refractivity contribution in [1.29, 1.82) is 0 Å². The molecule has 3 N–H and O–H groups in total. The van der Waals surface area contributed by atoms with Crippen molar-refractivity contribution < 1.29 is 24.9 Å². The fraction of sp³-hybridized carbons (Fsp3) is 0.538. The molecule has 0 fully saturated rings. The first-order valence-corrected chi connectivity index (χ1v) is 5.79. The van der Waals surface area contributed by atoms with Crippen molar-refractivity contribution in [3.8, 4) is 0 Å². The Bertz CT molecular complexity index is 339. The molecular formula is C13H22O5. The number of aliphatic carboxylic acids is 2. The number of carbonyl (C=O) groups is 2. The third-order valence-corrected chi connectivity index (χ3v) is 2.09. The van der Waals surface area contributed by atoms with Gasteiger partial charge in [0.1, 0.15) is 5.76 Å². The van der Waals surface area contributed by atoms with Crippen molar-refractivity contribution in [2.45, 2.75) is 47.0 Å². The number of hydrogen-bond acceptors (Lipinski definition) is 3. The summed E-state index contributed by atoms with van der Waals surface area (Å²) in [6, 6.07) is 0. The molecule has 0 aliphatic heterocycles. The minimum Gasteiger partial charge on any atom is -0.512 e. The summed E-state index contributed by atoms with van der Waals surface area (Å²) < 4.78 is 0. The van der Waals surface area contributed by atoms with Gasteiger partial charge in [0.15, 0.2) is 0 Å². The zero-order chi connectivity index (χ0) is 14.7. The number of aliphatic hydroxyl groups excluding tert-OH is 1. The summed E-state index contributed by atoms with van der Waals surface area (Å²) in [5.41, 5.74) is 0.467. The standard InChI is InChI=1S/C7H12O3.C6H10O2/c1-3-4-6(8)5(2)7(9)10;1-3-4-5(2)6(7)8/h8H,3-4H2,1-2H3,(H,9,10);4H,3H2,1-2H3,(H,7,8)/b6-5+;5-4+. The first-order valence-electron chi connectivity index (χ1n) is 5.79. The highest BCUT2D eigenvalue weighted by molar-refractivity contribution is 5.86. The number of carboxylic acids is 2. The molecule has 0 spiro atoms. The van der Waals surface area contributed by atoms with E-state index in [-0.39, 0.29) is 11.3 Å². The Kier molecular flexibility index (Phi) is 10.7. The predicted octanol–water partition coefficient (Wildman–Crippen LogP) is 3.13. The van der Waals surface area contributed by atoms with E-state index < -0.39 is 11.9 Å². The molecule has 0 aliphatic rings. The van der Waals surface area contributed by atoms with Gasteiger partial charge >= 0.3 is 11.9 Å². The molecule has 0 atom stereocenters. The van der Waals surface area contributed by atoms with Gasteiger partial charge in [-0.05, 0) is 26.7 Å². The number of allylic oxidation sites excluding steroid dienone is 2. The second-order valence-corrected chi connectivity index (χ2v) is 3.73. The molecule has 0 aromatic heterocycles. The van der Waals surface area contributed by atoms with E-state index in [0.29, 0.717) is 12.0 Å². The molecule has 0 unspecified atom stereocenters. The maximum Gasteiger partial charge on any atom is 0.334 e. The van der Waals surface area contributed by atoms with Crippen LogP contribution in [0.15, 0.2) is 23.0 Å². The Labute approximate surface area is 107 Å². The van der Waals surface area contributed by atoms with Crippen LogP contribution in [-0.4, -0.2) is 27.3 Å². The fourth-order valence-corrected chi connectivity index (χ4v) is 0.941. The second-order valence-electron chi connectivity index (χ2n) is 3.73. The van der Waals surface area contributed by atoms with E-state index in [9.17, 15) is 9.59 Å². The molecule has 0 rings (SSSR count). The van der Waals surface area contributed by atoms with Gasteiger partial charge in [-0.2, -0.15) is 0 Å². The number of carboxylic acid groups (broad SMARTS) is 2. The van der Waals surface area contributed by atoms with E-state index in [1.165, 1.54) is 6.92 Å². The minimum atomic E-state index is -1.05. The highest BCUT2D eigenvalue weighted by Gasteiger charge is 2.05. The Hall–Kier alpha value is -1.78. The molecular weight excluding hydrogens is 236 g/mol. The van der Waals surface area contributed by atoms with Gasteiger partial charge < -0.3 is 15.3 Å². The van der Waals surface area contributed by atoms with Crippen molar-refractivity contribution in [3.05, 3.63) is 23.0 Å². The molecule has 0 saturated heterocycles. The van der Waals surface area contributed by atoms with E-state index in [4.69, 9.17) is 15.3 Å². The third kappa shape index (κ3) is 9.45. The Morgan fingerprint density at radius 1 is 1.00 bits per heavy atom. The van der Waals surface area contributed by atoms with Crippen LogP contribution >= 0.6 is 0 Å². The molecule has 0 aromatic rings. The van der Waals surface area contributed by atoms with Gasteiger partial charge in [0.2, 0.25) is 0 Å². The fourth-order valence-electron chi connectivity index (χ4n) is 0.941. The summed E-state index contributed by atoms with van der Waals surface area (Å²) in [6.45, 7) is 6.77. The van der Waals surface area contributed by atoms with E-state index in [1.54, 1.807) is 13.0 Å². The van der Waals surface area contributed by atoms with E-state index in [0.717, 1.165) is 12.8 Å². The largest absolute Gasteiger partial charge is 0.512 e. The normalized spacial score (nSPS) is 12.1. The first kappa shape index (κ1) is 18.6. The lowest BCUT2D eigenvalue weighted by atomic mass is 10.2. The Morgan fingerprint density at radius 3 is 1.72 bits per heavy atom. The van der Waals surface area contributed by atoms with E-state index >= 15 is 0 Å². The van der Waals surface area contributed by atoms with Gasteiger partial charge in [-0.15, -0.1) is 0 Å². The lowest BCUT2D eigenvalue weighted by Gasteiger charge is -1.98. The third-order valence-electron chi connectivity index (χ3n) is 2.09. The zero-order valence-corrected chi connectivity index (χ0v) is 11.4. The summed E-state index contributed by atoms with van der Waals surface area (Å²) in [5.74, 6) is -1.90. The molecule has 0 heterocycles. The van der Waals surface area contributed by atoms with Gasteiger partial charge in [-0.1, -0.05) is 19.9 Å². The molecule has 18 heavy (non-hydrogen) atoms. The topological polar surface area (TPSA) is 94.8 Å². The second kappa shape index (κ2) is 10.4. The summed E-state index contributed by atoms with van der Waals surface area (Å²) in [6.07, 6.45) is 3.68. The summed E-state index contributed by atoms with van der Waals surface area (Å²) >= 11 is 0. The van der Waals surface area contributed by atoms with E-state index in [1.807, 2.05) is 13.8 Å². The van der Waals surface area contributed by atoms with E-state index in [2.05, 4.69) is 0 Å². The molecule has 0 saturated carbocycles. The predicted molar refractivity (Wildman–Crippen MR) is 69.6 cm³/mol. The quantitative estimate of drug-likeness (QED) is 0.520. The Morgan fingerprint density at radius 2 is 1.50 bits per heavy atom. The van der Waals surface area contributed by atoms with Crippen LogP contribution in [0.1, 0.15) is 47.0 Å². The monoisotopic (exact) mass is 258 g/mol. The van der Waals surface area contributed by atoms with Gasteiger partial charge in [-0.3, -0.25) is 0 Å². The maximum atomic E-state index is 10.2. The van der Waals surface area contributed by atoms with Gasteiger partial charge in [0.05, 0.1) is 5.57 Å². The summed E-state index contributed by atoms with van der Waals surface area (Å²) in [7, 11) is 0. The molecule has 5 heteroatoms. The molecule has 0 amide bonds. The average Bonchev–Trinajstić information content (AvgIpc) is 2.29. The summed E-state index contributed by atoms with van der Waals surface area (Å²) in [4.78, 5) is 20.2. The molecule has 0 aliphatic carbocycles. The maximum absolute atomic E-state index is 10.2. The van der Waals surface area contributed by atoms with Crippen molar-refractivity contribution in [2.24, 2.45) is 0 Å². The van der Waals surface area contributed by atoms with Gasteiger partial charge in [0.25, 0.3) is 0 Å². The van der Waals surface area contributed by atoms with Gasteiger partial charge in [0, 0.05) is 12.0 Å². The zero-order valence-electron chi connectivity index (χ0n) is 11.4. The van der Waals surface area contributed by atoms with Crippen LogP contribution in [0.5, 0.6) is 0 Å². The summed E-state index contributed by atoms with van der Waals surface area (Å²) in [5, 5.41) is 25.6. The lowest BCUT2D eigenvalue weighted by molar-refractivity contribution is -0.133. The molecule has 104 valence electrons. The highest BCUT2D eigenvalue weighted by Crippen LogP contribution is 2.06. The smallest absolute Gasteiger partial charge is 0.334 e.